The molecule has 20 heavy (non-hydrogen) atoms. The minimum Gasteiger partial charge on any atom is -0.349 e. The SMILES string of the molecule is CCC(NC(=O)C1(C)CCCC1N)c1ccc(C)cc1. The van der Waals surface area contributed by atoms with Crippen molar-refractivity contribution in [2.75, 3.05) is 0 Å². The fourth-order valence-electron chi connectivity index (χ4n) is 3.02. The lowest BCUT2D eigenvalue weighted by Gasteiger charge is -2.30. The quantitative estimate of drug-likeness (QED) is 0.886. The van der Waals surface area contributed by atoms with Gasteiger partial charge < -0.3 is 11.1 Å². The first-order chi connectivity index (χ1) is 9.47. The van der Waals surface area contributed by atoms with Gasteiger partial charge >= 0.3 is 0 Å². The van der Waals surface area contributed by atoms with Gasteiger partial charge in [0.05, 0.1) is 11.5 Å². The van der Waals surface area contributed by atoms with Gasteiger partial charge in [0.1, 0.15) is 0 Å². The summed E-state index contributed by atoms with van der Waals surface area (Å²) < 4.78 is 0. The molecule has 1 saturated carbocycles. The van der Waals surface area contributed by atoms with Crippen molar-refractivity contribution in [3.63, 3.8) is 0 Å². The molecule has 0 aliphatic heterocycles. The van der Waals surface area contributed by atoms with Crippen molar-refractivity contribution in [2.24, 2.45) is 11.1 Å². The average Bonchev–Trinajstić information content (AvgIpc) is 2.78. The maximum Gasteiger partial charge on any atom is 0.227 e. The van der Waals surface area contributed by atoms with Crippen LogP contribution in [0.4, 0.5) is 0 Å². The second kappa shape index (κ2) is 5.96. The van der Waals surface area contributed by atoms with Gasteiger partial charge in [-0.2, -0.15) is 0 Å². The highest BCUT2D eigenvalue weighted by Gasteiger charge is 2.43. The van der Waals surface area contributed by atoms with Crippen LogP contribution in [0.2, 0.25) is 0 Å². The molecular weight excluding hydrogens is 248 g/mol. The van der Waals surface area contributed by atoms with Gasteiger partial charge in [-0.25, -0.2) is 0 Å². The number of hydrogen-bond acceptors (Lipinski definition) is 2. The lowest BCUT2D eigenvalue weighted by atomic mass is 9.83. The molecule has 0 bridgehead atoms. The summed E-state index contributed by atoms with van der Waals surface area (Å²) in [6, 6.07) is 8.44. The topological polar surface area (TPSA) is 55.1 Å². The Labute approximate surface area is 121 Å². The normalized spacial score (nSPS) is 27.3. The second-order valence-corrected chi connectivity index (χ2v) is 6.26. The van der Waals surface area contributed by atoms with E-state index in [2.05, 4.69) is 43.4 Å². The molecular formula is C17H26N2O. The number of nitrogens with one attached hydrogen (secondary N) is 1. The number of hydrogen-bond donors (Lipinski definition) is 2. The van der Waals surface area contributed by atoms with Crippen LogP contribution in [0.15, 0.2) is 24.3 Å². The molecule has 1 aliphatic carbocycles. The third-order valence-electron chi connectivity index (χ3n) is 4.74. The second-order valence-electron chi connectivity index (χ2n) is 6.26. The largest absolute Gasteiger partial charge is 0.349 e. The van der Waals surface area contributed by atoms with Gasteiger partial charge in [-0.15, -0.1) is 0 Å². The fraction of sp³-hybridized carbons (Fsp3) is 0.588. The van der Waals surface area contributed by atoms with E-state index in [1.54, 1.807) is 0 Å². The van der Waals surface area contributed by atoms with Crippen LogP contribution in [0.25, 0.3) is 0 Å². The molecule has 1 aliphatic rings. The van der Waals surface area contributed by atoms with E-state index in [1.807, 2.05) is 6.92 Å². The van der Waals surface area contributed by atoms with Gasteiger partial charge in [0, 0.05) is 6.04 Å². The Kier molecular flexibility index (Phi) is 4.48. The third-order valence-corrected chi connectivity index (χ3v) is 4.74. The molecule has 0 aromatic heterocycles. The molecule has 3 unspecified atom stereocenters. The maximum absolute atomic E-state index is 12.6. The first kappa shape index (κ1) is 15.0. The molecule has 3 N–H and O–H groups in total. The number of amides is 1. The van der Waals surface area contributed by atoms with Crippen molar-refractivity contribution in [3.8, 4) is 0 Å². The van der Waals surface area contributed by atoms with Crippen molar-refractivity contribution in [1.29, 1.82) is 0 Å². The Bertz CT molecular complexity index is 468. The van der Waals surface area contributed by atoms with E-state index >= 15 is 0 Å². The number of carbonyl (C=O) groups excluding carboxylic acids is 1. The van der Waals surface area contributed by atoms with Crippen molar-refractivity contribution in [1.82, 2.24) is 5.32 Å². The highest BCUT2D eigenvalue weighted by Crippen LogP contribution is 2.37. The first-order valence-corrected chi connectivity index (χ1v) is 7.60. The average molecular weight is 274 g/mol. The third kappa shape index (κ3) is 2.88. The van der Waals surface area contributed by atoms with E-state index in [1.165, 1.54) is 11.1 Å². The van der Waals surface area contributed by atoms with Crippen LogP contribution in [0.1, 0.15) is 56.7 Å². The van der Waals surface area contributed by atoms with Crippen molar-refractivity contribution < 1.29 is 4.79 Å². The minimum absolute atomic E-state index is 0.0157. The van der Waals surface area contributed by atoms with Crippen LogP contribution in [-0.4, -0.2) is 11.9 Å². The Morgan fingerprint density at radius 2 is 2.10 bits per heavy atom. The van der Waals surface area contributed by atoms with E-state index in [4.69, 9.17) is 5.73 Å². The molecule has 1 aromatic carbocycles. The monoisotopic (exact) mass is 274 g/mol. The number of carbonyl (C=O) groups is 1. The van der Waals surface area contributed by atoms with Crippen molar-refractivity contribution in [3.05, 3.63) is 35.4 Å². The van der Waals surface area contributed by atoms with Crippen molar-refractivity contribution in [2.45, 2.75) is 58.5 Å². The minimum atomic E-state index is -0.405. The van der Waals surface area contributed by atoms with Crippen LogP contribution in [-0.2, 0) is 4.79 Å². The van der Waals surface area contributed by atoms with Gasteiger partial charge in [0.2, 0.25) is 5.91 Å². The zero-order chi connectivity index (χ0) is 14.8. The smallest absolute Gasteiger partial charge is 0.227 e. The highest BCUT2D eigenvalue weighted by atomic mass is 16.2. The standard InChI is InChI=1S/C17H26N2O/c1-4-14(13-9-7-12(2)8-10-13)19-16(20)17(3)11-5-6-15(17)18/h7-10,14-15H,4-6,11,18H2,1-3H3,(H,19,20). The molecule has 1 fully saturated rings. The highest BCUT2D eigenvalue weighted by molar-refractivity contribution is 5.83. The molecule has 3 atom stereocenters. The summed E-state index contributed by atoms with van der Waals surface area (Å²) in [5.41, 5.74) is 8.13. The lowest BCUT2D eigenvalue weighted by Crippen LogP contribution is -2.48. The molecule has 0 saturated heterocycles. The molecule has 3 heteroatoms. The van der Waals surface area contributed by atoms with Crippen molar-refractivity contribution >= 4 is 5.91 Å². The first-order valence-electron chi connectivity index (χ1n) is 7.60. The molecule has 0 radical (unpaired) electrons. The summed E-state index contributed by atoms with van der Waals surface area (Å²) in [5, 5.41) is 3.20. The van der Waals surface area contributed by atoms with Crippen LogP contribution in [0.5, 0.6) is 0 Å². The number of nitrogens with two attached hydrogens (primary N) is 1. The molecule has 2 rings (SSSR count). The zero-order valence-electron chi connectivity index (χ0n) is 12.8. The molecule has 0 spiro atoms. The van der Waals surface area contributed by atoms with Crippen LogP contribution in [0, 0.1) is 12.3 Å². The lowest BCUT2D eigenvalue weighted by molar-refractivity contribution is -0.131. The summed E-state index contributed by atoms with van der Waals surface area (Å²) in [4.78, 5) is 12.6. The van der Waals surface area contributed by atoms with E-state index in [0.29, 0.717) is 0 Å². The molecule has 1 aromatic rings. The number of rotatable bonds is 4. The van der Waals surface area contributed by atoms with Gasteiger partial charge in [-0.3, -0.25) is 4.79 Å². The number of benzene rings is 1. The number of aryl methyl sites for hydroxylation is 1. The Morgan fingerprint density at radius 1 is 1.45 bits per heavy atom. The summed E-state index contributed by atoms with van der Waals surface area (Å²) in [7, 11) is 0. The van der Waals surface area contributed by atoms with Crippen LogP contribution < -0.4 is 11.1 Å². The fourth-order valence-corrected chi connectivity index (χ4v) is 3.02. The Morgan fingerprint density at radius 3 is 2.60 bits per heavy atom. The maximum atomic E-state index is 12.6. The van der Waals surface area contributed by atoms with Gasteiger partial charge in [0.25, 0.3) is 0 Å². The van der Waals surface area contributed by atoms with Crippen LogP contribution >= 0.6 is 0 Å². The van der Waals surface area contributed by atoms with Crippen LogP contribution in [0.3, 0.4) is 0 Å². The van der Waals surface area contributed by atoms with Gasteiger partial charge in [-0.05, 0) is 38.7 Å². The zero-order valence-corrected chi connectivity index (χ0v) is 12.8. The van der Waals surface area contributed by atoms with E-state index in [0.717, 1.165) is 25.7 Å². The van der Waals surface area contributed by atoms with E-state index < -0.39 is 5.41 Å². The van der Waals surface area contributed by atoms with E-state index in [-0.39, 0.29) is 18.0 Å². The van der Waals surface area contributed by atoms with Gasteiger partial charge in [0.15, 0.2) is 0 Å². The summed E-state index contributed by atoms with van der Waals surface area (Å²) in [5.74, 6) is 0.106. The summed E-state index contributed by atoms with van der Waals surface area (Å²) >= 11 is 0. The Balaban J connectivity index is 2.10. The predicted molar refractivity (Wildman–Crippen MR) is 82.3 cm³/mol. The summed E-state index contributed by atoms with van der Waals surface area (Å²) in [6.07, 6.45) is 3.78. The molecule has 0 heterocycles. The molecule has 3 nitrogen and oxygen atoms in total. The summed E-state index contributed by atoms with van der Waals surface area (Å²) in [6.45, 7) is 6.17. The van der Waals surface area contributed by atoms with E-state index in [9.17, 15) is 4.79 Å². The molecule has 1 amide bonds. The molecule has 110 valence electrons. The predicted octanol–water partition coefficient (Wildman–Crippen LogP) is 3.08. The van der Waals surface area contributed by atoms with Gasteiger partial charge in [-0.1, -0.05) is 43.2 Å². The Hall–Kier alpha value is -1.35.